The highest BCUT2D eigenvalue weighted by molar-refractivity contribution is 7.92. The topological polar surface area (TPSA) is 75.3 Å². The Labute approximate surface area is 165 Å². The van der Waals surface area contributed by atoms with E-state index in [0.29, 0.717) is 5.69 Å². The molecule has 0 saturated heterocycles. The van der Waals surface area contributed by atoms with Crippen molar-refractivity contribution in [1.82, 2.24) is 5.32 Å². The van der Waals surface area contributed by atoms with Gasteiger partial charge in [-0.25, -0.2) is 8.42 Å². The Kier molecular flexibility index (Phi) is 5.77. The van der Waals surface area contributed by atoms with Gasteiger partial charge in [-0.1, -0.05) is 30.5 Å². The second-order valence-corrected chi connectivity index (χ2v) is 9.09. The largest absolute Gasteiger partial charge is 0.349 e. The molecule has 27 heavy (non-hydrogen) atoms. The van der Waals surface area contributed by atoms with E-state index in [1.807, 2.05) is 19.9 Å². The van der Waals surface area contributed by atoms with E-state index in [2.05, 4.69) is 10.0 Å². The zero-order valence-electron chi connectivity index (χ0n) is 15.4. The first kappa shape index (κ1) is 19.7. The fourth-order valence-electron chi connectivity index (χ4n) is 3.20. The molecule has 0 aliphatic heterocycles. The summed E-state index contributed by atoms with van der Waals surface area (Å²) in [6.07, 6.45) is 4.06. The first-order valence-corrected chi connectivity index (χ1v) is 10.8. The van der Waals surface area contributed by atoms with Crippen molar-refractivity contribution in [1.29, 1.82) is 0 Å². The lowest BCUT2D eigenvalue weighted by molar-refractivity contribution is 0.0938. The minimum Gasteiger partial charge on any atom is -0.349 e. The molecular weight excluding hydrogens is 384 g/mol. The molecule has 3 rings (SSSR count). The SMILES string of the molecule is Cc1ccc(NS(=O)(=O)c2ccc(Cl)c(C(=O)NC3CCCC3)c2)cc1C. The van der Waals surface area contributed by atoms with Gasteiger partial charge in [0.05, 0.1) is 15.5 Å². The summed E-state index contributed by atoms with van der Waals surface area (Å²) in [5.41, 5.74) is 2.72. The number of carbonyl (C=O) groups excluding carboxylic acids is 1. The van der Waals surface area contributed by atoms with Crippen molar-refractivity contribution in [3.63, 3.8) is 0 Å². The van der Waals surface area contributed by atoms with Crippen molar-refractivity contribution in [2.75, 3.05) is 4.72 Å². The van der Waals surface area contributed by atoms with Gasteiger partial charge in [0.1, 0.15) is 0 Å². The number of rotatable bonds is 5. The molecule has 0 radical (unpaired) electrons. The molecule has 2 aromatic rings. The van der Waals surface area contributed by atoms with Gasteiger partial charge in [0, 0.05) is 11.7 Å². The van der Waals surface area contributed by atoms with E-state index in [9.17, 15) is 13.2 Å². The molecule has 0 bridgehead atoms. The standard InChI is InChI=1S/C20H23ClN2O3S/c1-13-7-8-16(11-14(13)2)23-27(25,26)17-9-10-19(21)18(12-17)20(24)22-15-5-3-4-6-15/h7-12,15,23H,3-6H2,1-2H3,(H,22,24). The summed E-state index contributed by atoms with van der Waals surface area (Å²) >= 11 is 6.15. The van der Waals surface area contributed by atoms with Gasteiger partial charge in [-0.3, -0.25) is 9.52 Å². The number of hydrogen-bond donors (Lipinski definition) is 2. The van der Waals surface area contributed by atoms with Crippen LogP contribution in [0.15, 0.2) is 41.3 Å². The van der Waals surface area contributed by atoms with Crippen LogP contribution in [-0.2, 0) is 10.0 Å². The first-order valence-electron chi connectivity index (χ1n) is 8.97. The van der Waals surface area contributed by atoms with Crippen LogP contribution in [0, 0.1) is 13.8 Å². The molecule has 0 unspecified atom stereocenters. The van der Waals surface area contributed by atoms with Crippen LogP contribution in [0.2, 0.25) is 5.02 Å². The van der Waals surface area contributed by atoms with Crippen LogP contribution in [0.5, 0.6) is 0 Å². The van der Waals surface area contributed by atoms with Crippen LogP contribution in [0.4, 0.5) is 5.69 Å². The average Bonchev–Trinajstić information content (AvgIpc) is 3.11. The molecule has 0 aromatic heterocycles. The van der Waals surface area contributed by atoms with Gasteiger partial charge in [0.25, 0.3) is 15.9 Å². The van der Waals surface area contributed by atoms with Crippen molar-refractivity contribution >= 4 is 33.2 Å². The number of carbonyl (C=O) groups is 1. The van der Waals surface area contributed by atoms with Crippen LogP contribution >= 0.6 is 11.6 Å². The van der Waals surface area contributed by atoms with Gasteiger partial charge < -0.3 is 5.32 Å². The summed E-state index contributed by atoms with van der Waals surface area (Å²) in [4.78, 5) is 12.5. The van der Waals surface area contributed by atoms with Crippen molar-refractivity contribution in [2.45, 2.75) is 50.5 Å². The lowest BCUT2D eigenvalue weighted by atomic mass is 10.1. The van der Waals surface area contributed by atoms with E-state index in [4.69, 9.17) is 11.6 Å². The quantitative estimate of drug-likeness (QED) is 0.771. The molecule has 0 spiro atoms. The third kappa shape index (κ3) is 4.62. The maximum atomic E-state index is 12.7. The molecule has 144 valence electrons. The van der Waals surface area contributed by atoms with E-state index >= 15 is 0 Å². The highest BCUT2D eigenvalue weighted by Crippen LogP contribution is 2.25. The van der Waals surface area contributed by atoms with E-state index in [-0.39, 0.29) is 27.4 Å². The molecule has 7 heteroatoms. The van der Waals surface area contributed by atoms with Gasteiger partial charge in [0.2, 0.25) is 0 Å². The minimum atomic E-state index is -3.83. The fraction of sp³-hybridized carbons (Fsp3) is 0.350. The Hall–Kier alpha value is -2.05. The summed E-state index contributed by atoms with van der Waals surface area (Å²) in [5, 5.41) is 3.17. The number of anilines is 1. The Morgan fingerprint density at radius 3 is 2.41 bits per heavy atom. The number of benzene rings is 2. The van der Waals surface area contributed by atoms with Crippen molar-refractivity contribution < 1.29 is 13.2 Å². The fourth-order valence-corrected chi connectivity index (χ4v) is 4.48. The zero-order chi connectivity index (χ0) is 19.6. The Balaban J connectivity index is 1.84. The smallest absolute Gasteiger partial charge is 0.261 e. The maximum Gasteiger partial charge on any atom is 0.261 e. The zero-order valence-corrected chi connectivity index (χ0v) is 17.0. The van der Waals surface area contributed by atoms with Crippen LogP contribution < -0.4 is 10.0 Å². The first-order chi connectivity index (χ1) is 12.8. The van der Waals surface area contributed by atoms with Gasteiger partial charge in [-0.2, -0.15) is 0 Å². The van der Waals surface area contributed by atoms with E-state index in [1.165, 1.54) is 18.2 Å². The summed E-state index contributed by atoms with van der Waals surface area (Å²) in [7, 11) is -3.83. The number of hydrogen-bond acceptors (Lipinski definition) is 3. The number of amides is 1. The number of nitrogens with one attached hydrogen (secondary N) is 2. The van der Waals surface area contributed by atoms with Gasteiger partial charge >= 0.3 is 0 Å². The van der Waals surface area contributed by atoms with Crippen molar-refractivity contribution in [2.24, 2.45) is 0 Å². The number of halogens is 1. The highest BCUT2D eigenvalue weighted by atomic mass is 35.5. The van der Waals surface area contributed by atoms with Crippen molar-refractivity contribution in [3.05, 3.63) is 58.1 Å². The molecule has 2 N–H and O–H groups in total. The summed E-state index contributed by atoms with van der Waals surface area (Å²) in [6.45, 7) is 3.88. The summed E-state index contributed by atoms with van der Waals surface area (Å²) < 4.78 is 28.0. The number of aryl methyl sites for hydroxylation is 2. The molecule has 1 fully saturated rings. The summed E-state index contributed by atoms with van der Waals surface area (Å²) in [5.74, 6) is -0.338. The monoisotopic (exact) mass is 406 g/mol. The minimum absolute atomic E-state index is 0.00157. The van der Waals surface area contributed by atoms with Crippen LogP contribution in [0.3, 0.4) is 0 Å². The maximum absolute atomic E-state index is 12.7. The van der Waals surface area contributed by atoms with Crippen LogP contribution in [0.1, 0.15) is 47.2 Å². The number of sulfonamides is 1. The molecule has 1 amide bonds. The van der Waals surface area contributed by atoms with E-state index in [1.54, 1.807) is 12.1 Å². The molecule has 0 heterocycles. The third-order valence-corrected chi connectivity index (χ3v) is 6.65. The normalized spacial score (nSPS) is 14.9. The van der Waals surface area contributed by atoms with Crippen molar-refractivity contribution in [3.8, 4) is 0 Å². The second kappa shape index (κ2) is 7.90. The highest BCUT2D eigenvalue weighted by Gasteiger charge is 2.22. The third-order valence-electron chi connectivity index (χ3n) is 4.94. The molecule has 1 saturated carbocycles. The van der Waals surface area contributed by atoms with Gasteiger partial charge in [-0.15, -0.1) is 0 Å². The Morgan fingerprint density at radius 1 is 1.04 bits per heavy atom. The predicted octanol–water partition coefficient (Wildman–Crippen LogP) is 4.43. The second-order valence-electron chi connectivity index (χ2n) is 7.00. The molecule has 1 aliphatic rings. The molecule has 2 aromatic carbocycles. The van der Waals surface area contributed by atoms with Gasteiger partial charge in [0.15, 0.2) is 0 Å². The lowest BCUT2D eigenvalue weighted by Crippen LogP contribution is -2.32. The van der Waals surface area contributed by atoms with E-state index < -0.39 is 10.0 Å². The lowest BCUT2D eigenvalue weighted by Gasteiger charge is -2.14. The molecular formula is C20H23ClN2O3S. The van der Waals surface area contributed by atoms with E-state index in [0.717, 1.165) is 36.8 Å². The molecule has 5 nitrogen and oxygen atoms in total. The Bertz CT molecular complexity index is 967. The van der Waals surface area contributed by atoms with Crippen LogP contribution in [-0.4, -0.2) is 20.4 Å². The summed E-state index contributed by atoms with van der Waals surface area (Å²) in [6, 6.07) is 9.64. The molecule has 0 atom stereocenters. The average molecular weight is 407 g/mol. The van der Waals surface area contributed by atoms with Crippen LogP contribution in [0.25, 0.3) is 0 Å². The predicted molar refractivity (Wildman–Crippen MR) is 108 cm³/mol. The Morgan fingerprint density at radius 2 is 1.74 bits per heavy atom. The molecule has 1 aliphatic carbocycles. The van der Waals surface area contributed by atoms with Gasteiger partial charge in [-0.05, 0) is 68.1 Å².